The molecule has 0 saturated heterocycles. The molecule has 3 nitrogen and oxygen atoms in total. The molecule has 2 rings (SSSR count). The fraction of sp³-hybridized carbons (Fsp3) is 0.529. The van der Waals surface area contributed by atoms with Crippen molar-refractivity contribution in [3.05, 3.63) is 29.7 Å². The van der Waals surface area contributed by atoms with Gasteiger partial charge in [0, 0.05) is 17.7 Å². The fourth-order valence-corrected chi connectivity index (χ4v) is 2.14. The first-order valence-corrected chi connectivity index (χ1v) is 7.91. The van der Waals surface area contributed by atoms with E-state index in [0.717, 1.165) is 28.7 Å². The van der Waals surface area contributed by atoms with Gasteiger partial charge in [-0.25, -0.2) is 10.2 Å². The van der Waals surface area contributed by atoms with Gasteiger partial charge in [0.1, 0.15) is 5.52 Å². The summed E-state index contributed by atoms with van der Waals surface area (Å²) < 4.78 is 5.37. The molecule has 2 aromatic rings. The van der Waals surface area contributed by atoms with Gasteiger partial charge in [-0.3, -0.25) is 0 Å². The van der Waals surface area contributed by atoms with Crippen LogP contribution in [0.1, 0.15) is 58.6 Å². The maximum absolute atomic E-state index is 9.10. The third-order valence-electron chi connectivity index (χ3n) is 3.29. The van der Waals surface area contributed by atoms with Gasteiger partial charge in [-0.15, -0.1) is 0 Å². The topological polar surface area (TPSA) is 49.8 Å². The van der Waals surface area contributed by atoms with Crippen LogP contribution in [0.3, 0.4) is 0 Å². The molecule has 2 heterocycles. The second-order valence-corrected chi connectivity index (χ2v) is 4.43. The maximum Gasteiger partial charge on any atom is 0.276 e. The van der Waals surface area contributed by atoms with Crippen LogP contribution in [-0.4, -0.2) is 11.7 Å². The molecule has 0 fully saturated rings. The average molecular weight is 286 g/mol. The van der Waals surface area contributed by atoms with E-state index in [2.05, 4.69) is 17.9 Å². The van der Waals surface area contributed by atoms with Crippen LogP contribution in [0, 0.1) is 18.2 Å². The van der Waals surface area contributed by atoms with Gasteiger partial charge < -0.3 is 4.42 Å². The van der Waals surface area contributed by atoms with Crippen molar-refractivity contribution in [2.45, 2.75) is 60.6 Å². The van der Waals surface area contributed by atoms with E-state index in [1.807, 2.05) is 53.7 Å². The van der Waals surface area contributed by atoms with Crippen molar-refractivity contribution in [1.82, 2.24) is 4.98 Å². The summed E-state index contributed by atoms with van der Waals surface area (Å²) in [5, 5.41) is 9.10. The van der Waals surface area contributed by atoms with Crippen molar-refractivity contribution < 1.29 is 4.42 Å². The molecule has 0 aliphatic carbocycles. The Morgan fingerprint density at radius 2 is 1.95 bits per heavy atom. The lowest BCUT2D eigenvalue weighted by Crippen LogP contribution is -2.19. The Balaban J connectivity index is 0.000000921. The van der Waals surface area contributed by atoms with Crippen LogP contribution in [-0.2, 0) is 0 Å². The minimum Gasteiger partial charge on any atom is -0.462 e. The zero-order chi connectivity index (χ0) is 16.4. The van der Waals surface area contributed by atoms with E-state index in [4.69, 9.17) is 9.68 Å². The summed E-state index contributed by atoms with van der Waals surface area (Å²) in [6.45, 7) is 14.1. The van der Waals surface area contributed by atoms with Crippen molar-refractivity contribution in [3.8, 4) is 5.97 Å². The number of pyridine rings is 1. The minimum absolute atomic E-state index is 0.0197. The quantitative estimate of drug-likeness (QED) is 0.709. The standard InChI is InChI=1S/C13H15BN2O.2C2H6/c1-4-14(8-15)10(3)12-7-9(2)13-11(16-12)5-6-17-13;2*1-2/h5-7,10H,4H2,1-3H3;2*1-2H3. The molecule has 0 spiro atoms. The van der Waals surface area contributed by atoms with Crippen molar-refractivity contribution in [2.24, 2.45) is 0 Å². The minimum atomic E-state index is 0.0197. The number of fused-ring (bicyclic) bond motifs is 1. The highest BCUT2D eigenvalue weighted by molar-refractivity contribution is 6.68. The highest BCUT2D eigenvalue weighted by atomic mass is 16.3. The van der Waals surface area contributed by atoms with Gasteiger partial charge >= 0.3 is 0 Å². The molecular formula is C17H27BN2O. The number of rotatable bonds is 3. The van der Waals surface area contributed by atoms with E-state index in [-0.39, 0.29) is 12.5 Å². The van der Waals surface area contributed by atoms with Crippen molar-refractivity contribution in [3.63, 3.8) is 0 Å². The van der Waals surface area contributed by atoms with Crippen LogP contribution >= 0.6 is 0 Å². The largest absolute Gasteiger partial charge is 0.462 e. The van der Waals surface area contributed by atoms with Crippen LogP contribution in [0.4, 0.5) is 0 Å². The summed E-state index contributed by atoms with van der Waals surface area (Å²) >= 11 is 0. The molecule has 0 aliphatic rings. The molecule has 1 unspecified atom stereocenters. The molecule has 0 radical (unpaired) electrons. The molecule has 21 heavy (non-hydrogen) atoms. The van der Waals surface area contributed by atoms with Crippen LogP contribution < -0.4 is 0 Å². The Bertz CT molecular complexity index is 572. The predicted molar refractivity (Wildman–Crippen MR) is 91.7 cm³/mol. The van der Waals surface area contributed by atoms with E-state index >= 15 is 0 Å². The van der Waals surface area contributed by atoms with Gasteiger partial charge in [0.2, 0.25) is 0 Å². The van der Waals surface area contributed by atoms with E-state index in [9.17, 15) is 0 Å². The second kappa shape index (κ2) is 10.0. The molecule has 1 atom stereocenters. The second-order valence-electron chi connectivity index (χ2n) is 4.43. The highest BCUT2D eigenvalue weighted by Crippen LogP contribution is 2.24. The third-order valence-corrected chi connectivity index (χ3v) is 3.29. The van der Waals surface area contributed by atoms with Crippen LogP contribution in [0.15, 0.2) is 22.8 Å². The summed E-state index contributed by atoms with van der Waals surface area (Å²) in [4.78, 5) is 4.57. The van der Waals surface area contributed by atoms with Crippen molar-refractivity contribution in [2.75, 3.05) is 0 Å². The molecule has 114 valence electrons. The average Bonchev–Trinajstić information content (AvgIpc) is 3.01. The summed E-state index contributed by atoms with van der Waals surface area (Å²) in [6.07, 6.45) is 2.50. The third kappa shape index (κ3) is 4.63. The number of aryl methyl sites for hydroxylation is 1. The van der Waals surface area contributed by atoms with Gasteiger partial charge in [-0.1, -0.05) is 47.9 Å². The lowest BCUT2D eigenvalue weighted by atomic mass is 9.40. The molecule has 0 aromatic carbocycles. The van der Waals surface area contributed by atoms with Gasteiger partial charge in [0.05, 0.1) is 6.26 Å². The SMILES string of the molecule is CC.CC.CCB(C#N)C(C)c1cc(C)c2occc2n1. The van der Waals surface area contributed by atoms with Gasteiger partial charge in [0.15, 0.2) is 5.58 Å². The van der Waals surface area contributed by atoms with E-state index in [1.54, 1.807) is 6.26 Å². The van der Waals surface area contributed by atoms with Crippen LogP contribution in [0.25, 0.3) is 11.1 Å². The van der Waals surface area contributed by atoms with Gasteiger partial charge in [0.25, 0.3) is 6.71 Å². The van der Waals surface area contributed by atoms with E-state index < -0.39 is 0 Å². The first-order chi connectivity index (χ1) is 10.2. The Kier molecular flexibility index (Phi) is 9.20. The number of hydrogen-bond donors (Lipinski definition) is 0. The first kappa shape index (κ1) is 19.2. The molecule has 0 aliphatic heterocycles. The zero-order valence-corrected chi connectivity index (χ0v) is 14.4. The first-order valence-electron chi connectivity index (χ1n) is 7.91. The summed E-state index contributed by atoms with van der Waals surface area (Å²) in [5.41, 5.74) is 3.77. The van der Waals surface area contributed by atoms with Gasteiger partial charge in [-0.2, -0.15) is 0 Å². The lowest BCUT2D eigenvalue weighted by Gasteiger charge is -2.13. The number of aromatic nitrogens is 1. The monoisotopic (exact) mass is 286 g/mol. The fourth-order valence-electron chi connectivity index (χ4n) is 2.14. The summed E-state index contributed by atoms with van der Waals surface area (Å²) in [5.74, 6) is 2.50. The number of hydrogen-bond acceptors (Lipinski definition) is 3. The van der Waals surface area contributed by atoms with E-state index in [1.165, 1.54) is 0 Å². The zero-order valence-electron chi connectivity index (χ0n) is 14.4. The molecule has 0 amide bonds. The number of nitriles is 1. The molecule has 2 aromatic heterocycles. The van der Waals surface area contributed by atoms with Gasteiger partial charge in [-0.05, 0) is 24.4 Å². The summed E-state index contributed by atoms with van der Waals surface area (Å²) in [7, 11) is 0. The molecule has 0 bridgehead atoms. The molecular weight excluding hydrogens is 259 g/mol. The number of nitrogens with zero attached hydrogens (tertiary/aromatic N) is 2. The molecule has 0 saturated carbocycles. The molecule has 0 N–H and O–H groups in total. The van der Waals surface area contributed by atoms with Crippen molar-refractivity contribution in [1.29, 1.82) is 5.26 Å². The highest BCUT2D eigenvalue weighted by Gasteiger charge is 2.23. The smallest absolute Gasteiger partial charge is 0.276 e. The predicted octanol–water partition coefficient (Wildman–Crippen LogP) is 5.41. The lowest BCUT2D eigenvalue weighted by molar-refractivity contribution is 0.612. The number of furan rings is 1. The Morgan fingerprint density at radius 1 is 1.33 bits per heavy atom. The maximum atomic E-state index is 9.10. The van der Waals surface area contributed by atoms with Crippen LogP contribution in [0.2, 0.25) is 6.32 Å². The Labute approximate surface area is 129 Å². The Morgan fingerprint density at radius 3 is 2.48 bits per heavy atom. The van der Waals surface area contributed by atoms with Crippen molar-refractivity contribution >= 4 is 17.8 Å². The molecule has 4 heteroatoms. The Hall–Kier alpha value is -1.76. The van der Waals surface area contributed by atoms with Crippen LogP contribution in [0.5, 0.6) is 0 Å². The normalized spacial score (nSPS) is 10.6. The van der Waals surface area contributed by atoms with E-state index in [0.29, 0.717) is 0 Å². The summed E-state index contributed by atoms with van der Waals surface area (Å²) in [6, 6.07) is 3.89.